The molecule has 0 saturated carbocycles. The third kappa shape index (κ3) is 5.80. The lowest BCUT2D eigenvalue weighted by Crippen LogP contribution is -2.46. The number of ether oxygens (including phenoxy) is 2. The highest BCUT2D eigenvalue weighted by atomic mass is 16.6. The molecule has 3 amide bonds. The normalized spacial score (nSPS) is 16.1. The van der Waals surface area contributed by atoms with Gasteiger partial charge in [-0.25, -0.2) is 10.3 Å². The van der Waals surface area contributed by atoms with Crippen LogP contribution in [0.15, 0.2) is 36.4 Å². The number of carbonyl (C=O) groups excluding carboxylic acids is 3. The average molecular weight is 512 g/mol. The van der Waals surface area contributed by atoms with E-state index in [0.717, 1.165) is 16.9 Å². The fraction of sp³-hybridized carbons (Fsp3) is 0.444. The molecule has 0 bridgehead atoms. The van der Waals surface area contributed by atoms with Crippen LogP contribution in [0, 0.1) is 0 Å². The van der Waals surface area contributed by atoms with Crippen molar-refractivity contribution in [3.8, 4) is 11.5 Å². The van der Waals surface area contributed by atoms with Gasteiger partial charge >= 0.3 is 6.09 Å². The Morgan fingerprint density at radius 3 is 2.51 bits per heavy atom. The number of benzene rings is 2. The smallest absolute Gasteiger partial charge is 0.407 e. The summed E-state index contributed by atoms with van der Waals surface area (Å²) in [5.41, 5.74) is 3.68. The van der Waals surface area contributed by atoms with E-state index in [4.69, 9.17) is 9.47 Å². The number of amides is 3. The van der Waals surface area contributed by atoms with Crippen molar-refractivity contribution in [2.24, 2.45) is 0 Å². The van der Waals surface area contributed by atoms with Gasteiger partial charge in [0.25, 0.3) is 11.8 Å². The van der Waals surface area contributed by atoms with Crippen molar-refractivity contribution in [2.75, 3.05) is 26.8 Å². The Kier molecular flexibility index (Phi) is 7.31. The zero-order valence-electron chi connectivity index (χ0n) is 21.6. The zero-order chi connectivity index (χ0) is 26.8. The van der Waals surface area contributed by atoms with Gasteiger partial charge in [-0.2, -0.15) is 0 Å². The number of hydroxylamine groups is 1. The molecule has 1 fully saturated rings. The Morgan fingerprint density at radius 2 is 1.84 bits per heavy atom. The number of nitrogens with one attached hydrogen (secondary N) is 2. The van der Waals surface area contributed by atoms with E-state index in [9.17, 15) is 19.5 Å². The minimum absolute atomic E-state index is 0.0354. The van der Waals surface area contributed by atoms with Crippen LogP contribution in [0.4, 0.5) is 4.79 Å². The summed E-state index contributed by atoms with van der Waals surface area (Å²) >= 11 is 0. The number of piperidine rings is 1. The Labute approximate surface area is 215 Å². The lowest BCUT2D eigenvalue weighted by Gasteiger charge is -2.38. The average Bonchev–Trinajstić information content (AvgIpc) is 3.19. The van der Waals surface area contributed by atoms with E-state index in [1.807, 2.05) is 32.9 Å². The van der Waals surface area contributed by atoms with Gasteiger partial charge in [-0.1, -0.05) is 6.07 Å². The first-order valence-electron chi connectivity index (χ1n) is 12.2. The molecule has 2 aliphatic rings. The van der Waals surface area contributed by atoms with Gasteiger partial charge in [-0.05, 0) is 69.5 Å². The van der Waals surface area contributed by atoms with Gasteiger partial charge in [0.15, 0.2) is 0 Å². The monoisotopic (exact) mass is 511 g/mol. The van der Waals surface area contributed by atoms with Gasteiger partial charge in [0.1, 0.15) is 17.1 Å². The number of likely N-dealkylation sites (tertiary alicyclic amines) is 1. The first-order chi connectivity index (χ1) is 17.5. The molecule has 0 unspecified atom stereocenters. The molecular weight excluding hydrogens is 478 g/mol. The molecule has 3 N–H and O–H groups in total. The van der Waals surface area contributed by atoms with Gasteiger partial charge in [-0.3, -0.25) is 14.4 Å². The highest BCUT2D eigenvalue weighted by molar-refractivity contribution is 6.01. The minimum atomic E-state index is -0.635. The molecular formula is C27H33N3O7. The third-order valence-corrected chi connectivity index (χ3v) is 6.65. The van der Waals surface area contributed by atoms with Gasteiger partial charge in [0.05, 0.1) is 19.3 Å². The predicted octanol–water partition coefficient (Wildman–Crippen LogP) is 3.27. The van der Waals surface area contributed by atoms with E-state index >= 15 is 0 Å². The summed E-state index contributed by atoms with van der Waals surface area (Å²) < 4.78 is 11.3. The molecule has 0 atom stereocenters. The standard InChI is InChI=1S/C27H33N3O7/c1-26(2,3)37-25(34)28-15-17-5-8-22-20(13-17)27(16-36-22)9-11-30(12-10-27)24(33)18-6-7-21(31)19(14-18)23(32)29-35-4/h5-8,13-14,31H,9-12,15-16H2,1-4H3,(H,28,34)(H,29,32). The second-order valence-electron chi connectivity index (χ2n) is 10.4. The molecule has 2 aromatic rings. The van der Waals surface area contributed by atoms with E-state index in [1.54, 1.807) is 4.90 Å². The molecule has 2 aliphatic heterocycles. The van der Waals surface area contributed by atoms with Crippen LogP contribution in [0.5, 0.6) is 11.5 Å². The van der Waals surface area contributed by atoms with Gasteiger partial charge in [-0.15, -0.1) is 0 Å². The number of alkyl carbamates (subject to hydrolysis) is 1. The van der Waals surface area contributed by atoms with Crippen LogP contribution in [0.1, 0.15) is 65.5 Å². The van der Waals surface area contributed by atoms with E-state index in [-0.39, 0.29) is 22.6 Å². The largest absolute Gasteiger partial charge is 0.507 e. The first-order valence-corrected chi connectivity index (χ1v) is 12.2. The number of carbonyl (C=O) groups is 3. The van der Waals surface area contributed by atoms with E-state index < -0.39 is 17.6 Å². The first kappa shape index (κ1) is 26.3. The van der Waals surface area contributed by atoms with E-state index in [2.05, 4.69) is 21.7 Å². The highest BCUT2D eigenvalue weighted by Crippen LogP contribution is 2.46. The molecule has 1 saturated heterocycles. The summed E-state index contributed by atoms with van der Waals surface area (Å²) in [6.07, 6.45) is 0.955. The maximum atomic E-state index is 13.2. The van der Waals surface area contributed by atoms with Crippen LogP contribution < -0.4 is 15.5 Å². The summed E-state index contributed by atoms with van der Waals surface area (Å²) in [6, 6.07) is 10.1. The molecule has 37 heavy (non-hydrogen) atoms. The molecule has 4 rings (SSSR count). The van der Waals surface area contributed by atoms with Crippen molar-refractivity contribution in [1.82, 2.24) is 15.7 Å². The Morgan fingerprint density at radius 1 is 1.11 bits per heavy atom. The number of phenols is 1. The quantitative estimate of drug-likeness (QED) is 0.526. The number of phenolic OH excluding ortho intramolecular Hbond substituents is 1. The zero-order valence-corrected chi connectivity index (χ0v) is 21.6. The van der Waals surface area contributed by atoms with Gasteiger partial charge in [0.2, 0.25) is 0 Å². The number of aromatic hydroxyl groups is 1. The van der Waals surface area contributed by atoms with Crippen molar-refractivity contribution in [1.29, 1.82) is 0 Å². The maximum absolute atomic E-state index is 13.2. The minimum Gasteiger partial charge on any atom is -0.507 e. The summed E-state index contributed by atoms with van der Waals surface area (Å²) in [6.45, 7) is 7.36. The highest BCUT2D eigenvalue weighted by Gasteiger charge is 2.44. The second-order valence-corrected chi connectivity index (χ2v) is 10.4. The molecule has 2 aromatic carbocycles. The van der Waals surface area contributed by atoms with Crippen molar-refractivity contribution in [3.63, 3.8) is 0 Å². The number of fused-ring (bicyclic) bond motifs is 2. The number of hydrogen-bond acceptors (Lipinski definition) is 7. The Hall–Kier alpha value is -3.79. The second kappa shape index (κ2) is 10.3. The van der Waals surface area contributed by atoms with Crippen LogP contribution >= 0.6 is 0 Å². The molecule has 10 nitrogen and oxygen atoms in total. The maximum Gasteiger partial charge on any atom is 0.407 e. The lowest BCUT2D eigenvalue weighted by molar-refractivity contribution is 0.0519. The lowest BCUT2D eigenvalue weighted by atomic mass is 9.74. The third-order valence-electron chi connectivity index (χ3n) is 6.65. The molecule has 198 valence electrons. The fourth-order valence-electron chi connectivity index (χ4n) is 4.74. The van der Waals surface area contributed by atoms with Crippen molar-refractivity contribution in [3.05, 3.63) is 58.7 Å². The van der Waals surface area contributed by atoms with Crippen molar-refractivity contribution < 1.29 is 33.8 Å². The fourth-order valence-corrected chi connectivity index (χ4v) is 4.74. The van der Waals surface area contributed by atoms with Crippen LogP contribution in [-0.4, -0.2) is 60.3 Å². The summed E-state index contributed by atoms with van der Waals surface area (Å²) in [5.74, 6) is -0.256. The topological polar surface area (TPSA) is 126 Å². The number of rotatable bonds is 5. The SMILES string of the molecule is CONC(=O)c1cc(C(=O)N2CCC3(CC2)COc2ccc(CNC(=O)OC(C)(C)C)cc23)ccc1O. The number of nitrogens with zero attached hydrogens (tertiary/aromatic N) is 1. The molecule has 0 aliphatic carbocycles. The predicted molar refractivity (Wildman–Crippen MR) is 134 cm³/mol. The molecule has 0 aromatic heterocycles. The summed E-state index contributed by atoms with van der Waals surface area (Å²) in [5, 5.41) is 12.8. The van der Waals surface area contributed by atoms with Gasteiger partial charge in [0, 0.05) is 36.2 Å². The molecule has 0 radical (unpaired) electrons. The van der Waals surface area contributed by atoms with E-state index in [1.165, 1.54) is 25.3 Å². The Bertz CT molecular complexity index is 1200. The summed E-state index contributed by atoms with van der Waals surface area (Å²) in [4.78, 5) is 43.7. The molecule has 2 heterocycles. The van der Waals surface area contributed by atoms with Crippen LogP contribution in [0.3, 0.4) is 0 Å². The molecule has 1 spiro atoms. The van der Waals surface area contributed by atoms with Crippen molar-refractivity contribution in [2.45, 2.75) is 51.2 Å². The van der Waals surface area contributed by atoms with E-state index in [0.29, 0.717) is 44.6 Å². The van der Waals surface area contributed by atoms with Crippen LogP contribution in [-0.2, 0) is 21.5 Å². The van der Waals surface area contributed by atoms with Crippen LogP contribution in [0.25, 0.3) is 0 Å². The van der Waals surface area contributed by atoms with Crippen LogP contribution in [0.2, 0.25) is 0 Å². The number of hydrogen-bond donors (Lipinski definition) is 3. The van der Waals surface area contributed by atoms with Crippen molar-refractivity contribution >= 4 is 17.9 Å². The Balaban J connectivity index is 1.43. The van der Waals surface area contributed by atoms with Gasteiger partial charge < -0.3 is 24.8 Å². The molecule has 10 heteroatoms. The summed E-state index contributed by atoms with van der Waals surface area (Å²) in [7, 11) is 1.29.